The summed E-state index contributed by atoms with van der Waals surface area (Å²) in [6.07, 6.45) is 0. The van der Waals surface area contributed by atoms with Crippen molar-refractivity contribution in [1.82, 2.24) is 0 Å². The molecule has 0 heterocycles. The minimum Gasteiger partial charge on any atom is -0.508 e. The van der Waals surface area contributed by atoms with Crippen LogP contribution in [0.1, 0.15) is 15.9 Å². The minimum atomic E-state index is -0.918. The van der Waals surface area contributed by atoms with Crippen LogP contribution in [-0.4, -0.2) is 23.2 Å². The Hall–Kier alpha value is -2.49. The van der Waals surface area contributed by atoms with Crippen LogP contribution in [0.15, 0.2) is 48.5 Å². The molecule has 0 aromatic heterocycles. The van der Waals surface area contributed by atoms with Crippen LogP contribution in [0.2, 0.25) is 0 Å². The van der Waals surface area contributed by atoms with Gasteiger partial charge in [-0.2, -0.15) is 0 Å². The smallest absolute Gasteiger partial charge is 0.335 e. The van der Waals surface area contributed by atoms with Gasteiger partial charge in [-0.3, -0.25) is 0 Å². The molecule has 98 valence electrons. The molecular weight excluding hydrogens is 242 g/mol. The lowest BCUT2D eigenvalue weighted by Crippen LogP contribution is -2.16. The third kappa shape index (κ3) is 3.25. The normalized spacial score (nSPS) is 10.2. The SMILES string of the molecule is CN(Cc1ccc(C(=O)O)cc1)c1ccc(O)cc1. The highest BCUT2D eigenvalue weighted by Crippen LogP contribution is 2.19. The third-order valence-corrected chi connectivity index (χ3v) is 2.91. The van der Waals surface area contributed by atoms with Gasteiger partial charge in [0.05, 0.1) is 5.56 Å². The summed E-state index contributed by atoms with van der Waals surface area (Å²) in [6, 6.07) is 13.8. The second-order valence-electron chi connectivity index (χ2n) is 4.37. The van der Waals surface area contributed by atoms with E-state index in [0.717, 1.165) is 11.3 Å². The zero-order valence-corrected chi connectivity index (χ0v) is 10.6. The molecule has 0 aliphatic heterocycles. The summed E-state index contributed by atoms with van der Waals surface area (Å²) in [5.74, 6) is -0.679. The Balaban J connectivity index is 2.08. The van der Waals surface area contributed by atoms with Crippen molar-refractivity contribution in [3.8, 4) is 5.75 Å². The van der Waals surface area contributed by atoms with Crippen LogP contribution in [0.3, 0.4) is 0 Å². The molecule has 0 unspecified atom stereocenters. The Morgan fingerprint density at radius 1 is 1.05 bits per heavy atom. The van der Waals surface area contributed by atoms with Crippen LogP contribution in [0, 0.1) is 0 Å². The van der Waals surface area contributed by atoms with Crippen LogP contribution < -0.4 is 4.90 Å². The molecule has 2 rings (SSSR count). The number of nitrogens with zero attached hydrogens (tertiary/aromatic N) is 1. The van der Waals surface area contributed by atoms with Crippen molar-refractivity contribution in [2.75, 3.05) is 11.9 Å². The highest BCUT2D eigenvalue weighted by atomic mass is 16.4. The first-order valence-corrected chi connectivity index (χ1v) is 5.88. The Morgan fingerprint density at radius 2 is 1.63 bits per heavy atom. The van der Waals surface area contributed by atoms with Gasteiger partial charge < -0.3 is 15.1 Å². The van der Waals surface area contributed by atoms with E-state index in [1.165, 1.54) is 0 Å². The van der Waals surface area contributed by atoms with Crippen LogP contribution in [0.25, 0.3) is 0 Å². The molecule has 0 aliphatic carbocycles. The van der Waals surface area contributed by atoms with Crippen molar-refractivity contribution in [2.24, 2.45) is 0 Å². The van der Waals surface area contributed by atoms with Gasteiger partial charge in [-0.05, 0) is 42.0 Å². The number of carboxylic acid groups (broad SMARTS) is 1. The van der Waals surface area contributed by atoms with Gasteiger partial charge in [0.2, 0.25) is 0 Å². The van der Waals surface area contributed by atoms with E-state index in [1.807, 2.05) is 24.1 Å². The first-order chi connectivity index (χ1) is 9.06. The molecule has 0 aliphatic rings. The fourth-order valence-electron chi connectivity index (χ4n) is 1.82. The fourth-order valence-corrected chi connectivity index (χ4v) is 1.82. The van der Waals surface area contributed by atoms with E-state index in [0.29, 0.717) is 6.54 Å². The highest BCUT2D eigenvalue weighted by molar-refractivity contribution is 5.87. The van der Waals surface area contributed by atoms with Gasteiger partial charge in [-0.15, -0.1) is 0 Å². The predicted octanol–water partition coefficient (Wildman–Crippen LogP) is 2.73. The Labute approximate surface area is 111 Å². The van der Waals surface area contributed by atoms with Crippen LogP contribution >= 0.6 is 0 Å². The Morgan fingerprint density at radius 3 is 2.16 bits per heavy atom. The topological polar surface area (TPSA) is 60.8 Å². The first kappa shape index (κ1) is 13.0. The monoisotopic (exact) mass is 257 g/mol. The van der Waals surface area contributed by atoms with Crippen LogP contribution in [0.4, 0.5) is 5.69 Å². The molecule has 19 heavy (non-hydrogen) atoms. The van der Waals surface area contributed by atoms with E-state index in [9.17, 15) is 9.90 Å². The average Bonchev–Trinajstić information content (AvgIpc) is 2.40. The molecular formula is C15H15NO3. The molecule has 0 spiro atoms. The number of carboxylic acids is 1. The first-order valence-electron chi connectivity index (χ1n) is 5.88. The van der Waals surface area contributed by atoms with Crippen molar-refractivity contribution in [3.63, 3.8) is 0 Å². The number of benzene rings is 2. The van der Waals surface area contributed by atoms with E-state index in [-0.39, 0.29) is 11.3 Å². The van der Waals surface area contributed by atoms with E-state index < -0.39 is 5.97 Å². The lowest BCUT2D eigenvalue weighted by atomic mass is 10.1. The number of carbonyl (C=O) groups is 1. The highest BCUT2D eigenvalue weighted by Gasteiger charge is 2.05. The van der Waals surface area contributed by atoms with Crippen molar-refractivity contribution in [3.05, 3.63) is 59.7 Å². The molecule has 0 fully saturated rings. The second-order valence-corrected chi connectivity index (χ2v) is 4.37. The molecule has 0 saturated carbocycles. The maximum atomic E-state index is 10.8. The average molecular weight is 257 g/mol. The van der Waals surface area contributed by atoms with Gasteiger partial charge in [0.1, 0.15) is 5.75 Å². The summed E-state index contributed by atoms with van der Waals surface area (Å²) in [4.78, 5) is 12.8. The van der Waals surface area contributed by atoms with Crippen molar-refractivity contribution in [1.29, 1.82) is 0 Å². The molecule has 4 heteroatoms. The molecule has 2 N–H and O–H groups in total. The zero-order chi connectivity index (χ0) is 13.8. The molecule has 0 amide bonds. The Kier molecular flexibility index (Phi) is 3.71. The number of phenols is 1. The number of aromatic carboxylic acids is 1. The summed E-state index contributed by atoms with van der Waals surface area (Å²) in [6.45, 7) is 0.671. The molecule has 2 aromatic rings. The summed E-state index contributed by atoms with van der Waals surface area (Å²) < 4.78 is 0. The van der Waals surface area contributed by atoms with E-state index >= 15 is 0 Å². The van der Waals surface area contributed by atoms with Crippen molar-refractivity contribution in [2.45, 2.75) is 6.54 Å². The zero-order valence-electron chi connectivity index (χ0n) is 10.6. The number of rotatable bonds is 4. The fraction of sp³-hybridized carbons (Fsp3) is 0.133. The second kappa shape index (κ2) is 5.44. The predicted molar refractivity (Wildman–Crippen MR) is 73.6 cm³/mol. The van der Waals surface area contributed by atoms with Gasteiger partial charge in [-0.25, -0.2) is 4.79 Å². The molecule has 0 radical (unpaired) electrons. The van der Waals surface area contributed by atoms with Gasteiger partial charge in [0.25, 0.3) is 0 Å². The number of aromatic hydroxyl groups is 1. The van der Waals surface area contributed by atoms with Gasteiger partial charge >= 0.3 is 5.97 Å². The minimum absolute atomic E-state index is 0.239. The third-order valence-electron chi connectivity index (χ3n) is 2.91. The number of anilines is 1. The lowest BCUT2D eigenvalue weighted by molar-refractivity contribution is 0.0697. The molecule has 0 bridgehead atoms. The van der Waals surface area contributed by atoms with Gasteiger partial charge in [0, 0.05) is 19.3 Å². The maximum absolute atomic E-state index is 10.8. The number of hydrogen-bond donors (Lipinski definition) is 2. The summed E-state index contributed by atoms with van der Waals surface area (Å²) in [7, 11) is 1.94. The van der Waals surface area contributed by atoms with Crippen molar-refractivity contribution < 1.29 is 15.0 Å². The number of phenolic OH excluding ortho intramolecular Hbond substituents is 1. The quantitative estimate of drug-likeness (QED) is 0.884. The van der Waals surface area contributed by atoms with Gasteiger partial charge in [0.15, 0.2) is 0 Å². The summed E-state index contributed by atoms with van der Waals surface area (Å²) in [5.41, 5.74) is 2.30. The van der Waals surface area contributed by atoms with E-state index in [4.69, 9.17) is 5.11 Å². The maximum Gasteiger partial charge on any atom is 0.335 e. The van der Waals surface area contributed by atoms with Crippen LogP contribution in [-0.2, 0) is 6.54 Å². The standard InChI is InChI=1S/C15H15NO3/c1-16(13-6-8-14(17)9-7-13)10-11-2-4-12(5-3-11)15(18)19/h2-9,17H,10H2,1H3,(H,18,19). The molecule has 2 aromatic carbocycles. The van der Waals surface area contributed by atoms with Gasteiger partial charge in [-0.1, -0.05) is 12.1 Å². The van der Waals surface area contributed by atoms with E-state index in [2.05, 4.69) is 0 Å². The van der Waals surface area contributed by atoms with E-state index in [1.54, 1.807) is 36.4 Å². The van der Waals surface area contributed by atoms with Crippen molar-refractivity contribution >= 4 is 11.7 Å². The molecule has 0 saturated heterocycles. The summed E-state index contributed by atoms with van der Waals surface area (Å²) >= 11 is 0. The molecule has 4 nitrogen and oxygen atoms in total. The largest absolute Gasteiger partial charge is 0.508 e. The molecule has 0 atom stereocenters. The summed E-state index contributed by atoms with van der Waals surface area (Å²) in [5, 5.41) is 18.1. The number of hydrogen-bond acceptors (Lipinski definition) is 3. The van der Waals surface area contributed by atoms with Crippen LogP contribution in [0.5, 0.6) is 5.75 Å². The Bertz CT molecular complexity index is 561. The lowest BCUT2D eigenvalue weighted by Gasteiger charge is -2.19.